The fourth-order valence-corrected chi connectivity index (χ4v) is 1.78. The van der Waals surface area contributed by atoms with Crippen LogP contribution in [0.25, 0.3) is 0 Å². The maximum atomic E-state index is 11.7. The molecule has 0 bridgehead atoms. The third kappa shape index (κ3) is 2.45. The Morgan fingerprint density at radius 3 is 2.78 bits per heavy atom. The first-order valence-corrected chi connectivity index (χ1v) is 5.82. The highest BCUT2D eigenvalue weighted by atomic mass is 16.6. The molecule has 2 rings (SSSR count). The monoisotopic (exact) mass is 248 g/mol. The molecule has 6 heteroatoms. The number of carbonyl (C=O) groups excluding carboxylic acids is 1. The van der Waals surface area contributed by atoms with Gasteiger partial charge < -0.3 is 9.64 Å². The maximum Gasteiger partial charge on any atom is 0.410 e. The Kier molecular flexibility index (Phi) is 2.99. The van der Waals surface area contributed by atoms with E-state index in [4.69, 9.17) is 10.00 Å². The number of amides is 1. The van der Waals surface area contributed by atoms with Gasteiger partial charge in [0.1, 0.15) is 17.4 Å². The number of hydrogen-bond acceptors (Lipinski definition) is 4. The average molecular weight is 248 g/mol. The summed E-state index contributed by atoms with van der Waals surface area (Å²) in [6.45, 7) is 6.58. The smallest absolute Gasteiger partial charge is 0.410 e. The molecule has 18 heavy (non-hydrogen) atoms. The molecule has 0 aliphatic carbocycles. The molecule has 1 fully saturated rings. The number of carbonyl (C=O) groups is 1. The molecule has 6 nitrogen and oxygen atoms in total. The normalized spacial score (nSPS) is 16.0. The average Bonchev–Trinajstić information content (AvgIpc) is 2.60. The molecule has 1 aliphatic heterocycles. The molecule has 0 unspecified atom stereocenters. The van der Waals surface area contributed by atoms with Gasteiger partial charge in [0.25, 0.3) is 0 Å². The Morgan fingerprint density at radius 2 is 2.22 bits per heavy atom. The van der Waals surface area contributed by atoms with Crippen LogP contribution >= 0.6 is 0 Å². The van der Waals surface area contributed by atoms with E-state index < -0.39 is 5.60 Å². The SMILES string of the molecule is CC(C)(C)OC(=O)N1CC(n2nccc2C#N)C1. The first-order valence-electron chi connectivity index (χ1n) is 5.82. The van der Waals surface area contributed by atoms with E-state index in [1.807, 2.05) is 20.8 Å². The van der Waals surface area contributed by atoms with Gasteiger partial charge in [0.15, 0.2) is 0 Å². The summed E-state index contributed by atoms with van der Waals surface area (Å²) in [5.41, 5.74) is 0.0370. The van der Waals surface area contributed by atoms with Crippen LogP contribution in [0.15, 0.2) is 12.3 Å². The largest absolute Gasteiger partial charge is 0.444 e. The minimum absolute atomic E-state index is 0.0715. The number of likely N-dealkylation sites (tertiary alicyclic amines) is 1. The molecular formula is C12H16N4O2. The summed E-state index contributed by atoms with van der Waals surface area (Å²) >= 11 is 0. The van der Waals surface area contributed by atoms with Gasteiger partial charge in [-0.25, -0.2) is 9.48 Å². The third-order valence-electron chi connectivity index (χ3n) is 2.64. The molecule has 0 N–H and O–H groups in total. The van der Waals surface area contributed by atoms with E-state index in [0.29, 0.717) is 18.8 Å². The fourth-order valence-electron chi connectivity index (χ4n) is 1.78. The third-order valence-corrected chi connectivity index (χ3v) is 2.64. The summed E-state index contributed by atoms with van der Waals surface area (Å²) in [4.78, 5) is 13.3. The quantitative estimate of drug-likeness (QED) is 0.756. The van der Waals surface area contributed by atoms with Crippen molar-refractivity contribution in [1.29, 1.82) is 5.26 Å². The van der Waals surface area contributed by atoms with Crippen LogP contribution in [-0.2, 0) is 4.74 Å². The van der Waals surface area contributed by atoms with Crippen LogP contribution in [0, 0.1) is 11.3 Å². The zero-order valence-corrected chi connectivity index (χ0v) is 10.8. The summed E-state index contributed by atoms with van der Waals surface area (Å²) < 4.78 is 6.91. The van der Waals surface area contributed by atoms with Crippen LogP contribution in [-0.4, -0.2) is 39.5 Å². The number of rotatable bonds is 1. The van der Waals surface area contributed by atoms with Crippen LogP contribution in [0.4, 0.5) is 4.79 Å². The van der Waals surface area contributed by atoms with E-state index >= 15 is 0 Å². The van der Waals surface area contributed by atoms with E-state index in [1.54, 1.807) is 21.8 Å². The van der Waals surface area contributed by atoms with Gasteiger partial charge in [0.2, 0.25) is 0 Å². The molecule has 1 aromatic rings. The lowest BCUT2D eigenvalue weighted by atomic mass is 10.1. The summed E-state index contributed by atoms with van der Waals surface area (Å²) in [5, 5.41) is 13.0. The summed E-state index contributed by atoms with van der Waals surface area (Å²) in [6, 6.07) is 3.81. The highest BCUT2D eigenvalue weighted by Crippen LogP contribution is 2.23. The molecule has 0 saturated carbocycles. The number of aromatic nitrogens is 2. The summed E-state index contributed by atoms with van der Waals surface area (Å²) in [6.07, 6.45) is 1.28. The van der Waals surface area contributed by atoms with Gasteiger partial charge >= 0.3 is 6.09 Å². The van der Waals surface area contributed by atoms with Crippen LogP contribution < -0.4 is 0 Å². The second kappa shape index (κ2) is 4.33. The molecule has 96 valence electrons. The van der Waals surface area contributed by atoms with Crippen molar-refractivity contribution in [2.24, 2.45) is 0 Å². The predicted molar refractivity (Wildman–Crippen MR) is 63.8 cm³/mol. The Morgan fingerprint density at radius 1 is 1.56 bits per heavy atom. The van der Waals surface area contributed by atoms with Crippen molar-refractivity contribution in [1.82, 2.24) is 14.7 Å². The molecule has 2 heterocycles. The zero-order chi connectivity index (χ0) is 13.3. The zero-order valence-electron chi connectivity index (χ0n) is 10.8. The van der Waals surface area contributed by atoms with Crippen molar-refractivity contribution >= 4 is 6.09 Å². The van der Waals surface area contributed by atoms with E-state index in [9.17, 15) is 4.79 Å². The van der Waals surface area contributed by atoms with Crippen LogP contribution in [0.3, 0.4) is 0 Å². The lowest BCUT2D eigenvalue weighted by Gasteiger charge is -2.39. The number of nitrogens with zero attached hydrogens (tertiary/aromatic N) is 4. The van der Waals surface area contributed by atoms with E-state index in [-0.39, 0.29) is 12.1 Å². The number of hydrogen-bond donors (Lipinski definition) is 0. The molecule has 1 aromatic heterocycles. The summed E-state index contributed by atoms with van der Waals surface area (Å²) in [5.74, 6) is 0. The highest BCUT2D eigenvalue weighted by molar-refractivity contribution is 5.69. The fraction of sp³-hybridized carbons (Fsp3) is 0.583. The highest BCUT2D eigenvalue weighted by Gasteiger charge is 2.35. The van der Waals surface area contributed by atoms with E-state index in [0.717, 1.165) is 0 Å². The van der Waals surface area contributed by atoms with Gasteiger partial charge in [-0.3, -0.25) is 0 Å². The lowest BCUT2D eigenvalue weighted by Crippen LogP contribution is -2.52. The van der Waals surface area contributed by atoms with Gasteiger partial charge in [-0.2, -0.15) is 10.4 Å². The second-order valence-corrected chi connectivity index (χ2v) is 5.31. The Balaban J connectivity index is 1.92. The van der Waals surface area contributed by atoms with Gasteiger partial charge in [-0.15, -0.1) is 0 Å². The van der Waals surface area contributed by atoms with Crippen molar-refractivity contribution in [3.05, 3.63) is 18.0 Å². The number of ether oxygens (including phenoxy) is 1. The van der Waals surface area contributed by atoms with E-state index in [1.165, 1.54) is 0 Å². The summed E-state index contributed by atoms with van der Waals surface area (Å²) in [7, 11) is 0. The minimum Gasteiger partial charge on any atom is -0.444 e. The predicted octanol–water partition coefficient (Wildman–Crippen LogP) is 1.55. The lowest BCUT2D eigenvalue weighted by molar-refractivity contribution is -0.000503. The molecular weight excluding hydrogens is 232 g/mol. The van der Waals surface area contributed by atoms with Crippen molar-refractivity contribution in [2.45, 2.75) is 32.4 Å². The minimum atomic E-state index is -0.480. The standard InChI is InChI=1S/C12H16N4O2/c1-12(2,3)18-11(17)15-7-10(8-15)16-9(6-13)4-5-14-16/h4-5,10H,7-8H2,1-3H3. The molecule has 0 spiro atoms. The van der Waals surface area contributed by atoms with Crippen LogP contribution in [0.1, 0.15) is 32.5 Å². The van der Waals surface area contributed by atoms with Crippen molar-refractivity contribution in [2.75, 3.05) is 13.1 Å². The molecule has 1 saturated heterocycles. The van der Waals surface area contributed by atoms with Crippen molar-refractivity contribution in [3.63, 3.8) is 0 Å². The van der Waals surface area contributed by atoms with Gasteiger partial charge in [-0.05, 0) is 26.8 Å². The van der Waals surface area contributed by atoms with Gasteiger partial charge in [0, 0.05) is 13.1 Å². The molecule has 1 aliphatic rings. The van der Waals surface area contributed by atoms with Crippen molar-refractivity contribution < 1.29 is 9.53 Å². The maximum absolute atomic E-state index is 11.7. The van der Waals surface area contributed by atoms with Crippen molar-refractivity contribution in [3.8, 4) is 6.07 Å². The van der Waals surface area contributed by atoms with Crippen LogP contribution in [0.5, 0.6) is 0 Å². The molecule has 1 amide bonds. The Hall–Kier alpha value is -2.03. The first-order chi connectivity index (χ1) is 8.40. The molecule has 0 radical (unpaired) electrons. The number of nitriles is 1. The van der Waals surface area contributed by atoms with Gasteiger partial charge in [-0.1, -0.05) is 0 Å². The first kappa shape index (κ1) is 12.4. The van der Waals surface area contributed by atoms with E-state index in [2.05, 4.69) is 11.2 Å². The molecule has 0 atom stereocenters. The Bertz CT molecular complexity index is 489. The van der Waals surface area contributed by atoms with Gasteiger partial charge in [0.05, 0.1) is 12.2 Å². The van der Waals surface area contributed by atoms with Crippen LogP contribution in [0.2, 0.25) is 0 Å². The topological polar surface area (TPSA) is 71.2 Å². The Labute approximate surface area is 106 Å². The second-order valence-electron chi connectivity index (χ2n) is 5.31. The molecule has 0 aromatic carbocycles.